The van der Waals surface area contributed by atoms with Crippen LogP contribution in [-0.2, 0) is 0 Å². The lowest BCUT2D eigenvalue weighted by Crippen LogP contribution is -2.04. The first-order chi connectivity index (χ1) is 8.58. The Kier molecular flexibility index (Phi) is 3.23. The highest BCUT2D eigenvalue weighted by atomic mass is 16.4. The lowest BCUT2D eigenvalue weighted by Gasteiger charge is -2.09. The van der Waals surface area contributed by atoms with Gasteiger partial charge in [0.05, 0.1) is 23.1 Å². The predicted molar refractivity (Wildman–Crippen MR) is 68.2 cm³/mol. The average molecular weight is 243 g/mol. The molecule has 0 spiro atoms. The van der Waals surface area contributed by atoms with Crippen LogP contribution in [0.15, 0.2) is 30.6 Å². The minimum Gasteiger partial charge on any atom is -0.478 e. The van der Waals surface area contributed by atoms with Gasteiger partial charge >= 0.3 is 5.97 Å². The number of aromatic carboxylic acids is 1. The zero-order valence-electron chi connectivity index (χ0n) is 10.1. The van der Waals surface area contributed by atoms with Gasteiger partial charge in [-0.1, -0.05) is 0 Å². The summed E-state index contributed by atoms with van der Waals surface area (Å²) in [5.74, 6) is -0.363. The summed E-state index contributed by atoms with van der Waals surface area (Å²) in [6.07, 6.45) is 3.42. The Hall–Kier alpha value is -2.43. The van der Waals surface area contributed by atoms with E-state index in [0.29, 0.717) is 11.5 Å². The van der Waals surface area contributed by atoms with Crippen molar-refractivity contribution in [2.75, 3.05) is 5.32 Å². The van der Waals surface area contributed by atoms with E-state index in [2.05, 4.69) is 15.3 Å². The molecule has 2 rings (SSSR count). The van der Waals surface area contributed by atoms with Gasteiger partial charge in [0, 0.05) is 6.20 Å². The van der Waals surface area contributed by atoms with Gasteiger partial charge in [-0.2, -0.15) is 0 Å². The third-order valence-electron chi connectivity index (χ3n) is 2.62. The highest BCUT2D eigenvalue weighted by Gasteiger charge is 2.09. The molecule has 0 aromatic carbocycles. The van der Waals surface area contributed by atoms with Crippen molar-refractivity contribution in [2.45, 2.75) is 13.8 Å². The maximum atomic E-state index is 10.9. The van der Waals surface area contributed by atoms with Crippen molar-refractivity contribution in [1.29, 1.82) is 0 Å². The summed E-state index contributed by atoms with van der Waals surface area (Å²) in [5.41, 5.74) is 2.59. The molecular formula is C13H13N3O2. The molecule has 2 N–H and O–H groups in total. The van der Waals surface area contributed by atoms with Gasteiger partial charge in [0.1, 0.15) is 5.82 Å². The molecule has 0 bridgehead atoms. The van der Waals surface area contributed by atoms with E-state index in [-0.39, 0.29) is 5.56 Å². The Labute approximate surface area is 105 Å². The number of nitrogens with one attached hydrogen (secondary N) is 1. The van der Waals surface area contributed by atoms with Crippen LogP contribution < -0.4 is 5.32 Å². The van der Waals surface area contributed by atoms with Gasteiger partial charge in [-0.25, -0.2) is 9.78 Å². The second-order valence-electron chi connectivity index (χ2n) is 3.95. The largest absolute Gasteiger partial charge is 0.478 e. The quantitative estimate of drug-likeness (QED) is 0.866. The number of hydrogen-bond acceptors (Lipinski definition) is 4. The van der Waals surface area contributed by atoms with Crippen molar-refractivity contribution in [3.8, 4) is 0 Å². The number of anilines is 2. The molecule has 18 heavy (non-hydrogen) atoms. The van der Waals surface area contributed by atoms with E-state index < -0.39 is 5.97 Å². The first kappa shape index (κ1) is 12.0. The van der Waals surface area contributed by atoms with Crippen molar-refractivity contribution >= 4 is 17.5 Å². The normalized spacial score (nSPS) is 10.1. The number of carboxylic acid groups (broad SMARTS) is 1. The number of hydrogen-bond donors (Lipinski definition) is 2. The van der Waals surface area contributed by atoms with E-state index >= 15 is 0 Å². The number of aromatic nitrogens is 2. The van der Waals surface area contributed by atoms with Crippen molar-refractivity contribution in [3.05, 3.63) is 47.4 Å². The minimum atomic E-state index is -0.968. The fourth-order valence-corrected chi connectivity index (χ4v) is 1.59. The molecule has 0 fully saturated rings. The maximum Gasteiger partial charge on any atom is 0.337 e. The van der Waals surface area contributed by atoms with Gasteiger partial charge < -0.3 is 10.4 Å². The first-order valence-corrected chi connectivity index (χ1v) is 5.46. The summed E-state index contributed by atoms with van der Waals surface area (Å²) in [6, 6.07) is 5.07. The third-order valence-corrected chi connectivity index (χ3v) is 2.62. The van der Waals surface area contributed by atoms with Crippen molar-refractivity contribution in [3.63, 3.8) is 0 Å². The SMILES string of the molecule is Cc1ccncc1Nc1ccc(C(=O)O)c(C)n1. The van der Waals surface area contributed by atoms with E-state index in [0.717, 1.165) is 11.3 Å². The van der Waals surface area contributed by atoms with Gasteiger partial charge in [0.15, 0.2) is 0 Å². The number of carbonyl (C=O) groups is 1. The van der Waals surface area contributed by atoms with E-state index in [1.54, 1.807) is 31.5 Å². The standard InChI is InChI=1S/C13H13N3O2/c1-8-5-6-14-7-11(8)16-12-4-3-10(13(17)18)9(2)15-12/h3-7H,1-2H3,(H,15,16)(H,17,18). The fraction of sp³-hybridized carbons (Fsp3) is 0.154. The van der Waals surface area contributed by atoms with Crippen LogP contribution in [0.4, 0.5) is 11.5 Å². The molecule has 0 radical (unpaired) electrons. The van der Waals surface area contributed by atoms with Crippen LogP contribution in [0.3, 0.4) is 0 Å². The molecule has 2 aromatic heterocycles. The summed E-state index contributed by atoms with van der Waals surface area (Å²) >= 11 is 0. The molecule has 0 atom stereocenters. The third kappa shape index (κ3) is 2.45. The van der Waals surface area contributed by atoms with Gasteiger partial charge in [-0.05, 0) is 37.6 Å². The Morgan fingerprint density at radius 3 is 2.67 bits per heavy atom. The first-order valence-electron chi connectivity index (χ1n) is 5.46. The van der Waals surface area contributed by atoms with E-state index in [1.165, 1.54) is 0 Å². The van der Waals surface area contributed by atoms with Crippen LogP contribution in [0.1, 0.15) is 21.6 Å². The molecule has 2 aromatic rings. The summed E-state index contributed by atoms with van der Waals surface area (Å²) < 4.78 is 0. The van der Waals surface area contributed by atoms with Crippen LogP contribution >= 0.6 is 0 Å². The monoisotopic (exact) mass is 243 g/mol. The molecule has 0 aliphatic carbocycles. The molecule has 0 aliphatic rings. The molecule has 5 nitrogen and oxygen atoms in total. The summed E-state index contributed by atoms with van der Waals surface area (Å²) in [5, 5.41) is 12.0. The molecule has 92 valence electrons. The van der Waals surface area contributed by atoms with Gasteiger partial charge in [-0.3, -0.25) is 4.98 Å². The van der Waals surface area contributed by atoms with Gasteiger partial charge in [-0.15, -0.1) is 0 Å². The molecule has 2 heterocycles. The molecule has 0 aliphatic heterocycles. The predicted octanol–water partition coefficient (Wildman–Crippen LogP) is 2.54. The van der Waals surface area contributed by atoms with Crippen LogP contribution in [0.25, 0.3) is 0 Å². The average Bonchev–Trinajstić information content (AvgIpc) is 2.32. The van der Waals surface area contributed by atoms with Crippen molar-refractivity contribution < 1.29 is 9.90 Å². The van der Waals surface area contributed by atoms with Crippen LogP contribution in [0.2, 0.25) is 0 Å². The topological polar surface area (TPSA) is 75.1 Å². The van der Waals surface area contributed by atoms with Crippen LogP contribution in [0.5, 0.6) is 0 Å². The second kappa shape index (κ2) is 4.83. The van der Waals surface area contributed by atoms with Crippen LogP contribution in [-0.4, -0.2) is 21.0 Å². The molecule has 0 unspecified atom stereocenters. The fourth-order valence-electron chi connectivity index (χ4n) is 1.59. The maximum absolute atomic E-state index is 10.9. The lowest BCUT2D eigenvalue weighted by molar-refractivity contribution is 0.0695. The Bertz CT molecular complexity index is 597. The van der Waals surface area contributed by atoms with Crippen molar-refractivity contribution in [2.24, 2.45) is 0 Å². The molecule has 5 heteroatoms. The Morgan fingerprint density at radius 1 is 1.28 bits per heavy atom. The van der Waals surface area contributed by atoms with E-state index in [1.807, 2.05) is 13.0 Å². The summed E-state index contributed by atoms with van der Waals surface area (Å²) in [4.78, 5) is 19.1. The number of pyridine rings is 2. The number of aryl methyl sites for hydroxylation is 2. The number of carboxylic acids is 1. The van der Waals surface area contributed by atoms with Crippen LogP contribution in [0, 0.1) is 13.8 Å². The zero-order valence-corrected chi connectivity index (χ0v) is 10.1. The zero-order chi connectivity index (χ0) is 13.1. The van der Waals surface area contributed by atoms with Gasteiger partial charge in [0.2, 0.25) is 0 Å². The second-order valence-corrected chi connectivity index (χ2v) is 3.95. The summed E-state index contributed by atoms with van der Waals surface area (Å²) in [6.45, 7) is 3.63. The smallest absolute Gasteiger partial charge is 0.337 e. The Balaban J connectivity index is 2.29. The molecule has 0 saturated carbocycles. The number of rotatable bonds is 3. The van der Waals surface area contributed by atoms with Gasteiger partial charge in [0.25, 0.3) is 0 Å². The minimum absolute atomic E-state index is 0.212. The highest BCUT2D eigenvalue weighted by molar-refractivity contribution is 5.89. The highest BCUT2D eigenvalue weighted by Crippen LogP contribution is 2.18. The molecule has 0 saturated heterocycles. The van der Waals surface area contributed by atoms with E-state index in [9.17, 15) is 4.79 Å². The lowest BCUT2D eigenvalue weighted by atomic mass is 10.2. The molecule has 0 amide bonds. The Morgan fingerprint density at radius 2 is 2.06 bits per heavy atom. The van der Waals surface area contributed by atoms with E-state index in [4.69, 9.17) is 5.11 Å². The molecular weight excluding hydrogens is 230 g/mol. The van der Waals surface area contributed by atoms with Crippen molar-refractivity contribution in [1.82, 2.24) is 9.97 Å². The summed E-state index contributed by atoms with van der Waals surface area (Å²) in [7, 11) is 0. The number of nitrogens with zero attached hydrogens (tertiary/aromatic N) is 2.